The van der Waals surface area contributed by atoms with Crippen molar-refractivity contribution >= 4 is 81.7 Å². The number of halogens is 1. The van der Waals surface area contributed by atoms with Crippen molar-refractivity contribution in [3.05, 3.63) is 255 Å². The van der Waals surface area contributed by atoms with E-state index in [1.54, 1.807) is 55.0 Å². The van der Waals surface area contributed by atoms with E-state index in [0.717, 1.165) is 113 Å². The van der Waals surface area contributed by atoms with Gasteiger partial charge >= 0.3 is 29.8 Å². The monoisotopic (exact) mass is 1820 g/mol. The van der Waals surface area contributed by atoms with Gasteiger partial charge in [-0.2, -0.15) is 0 Å². The molecule has 0 saturated carbocycles. The molecule has 5 aromatic carbocycles. The number of nitrogen functional groups attached to an aromatic ring is 1. The molecule has 0 spiro atoms. The Labute approximate surface area is 783 Å². The molecule has 0 atom stereocenters. The van der Waals surface area contributed by atoms with Crippen LogP contribution in [-0.2, 0) is 25.4 Å². The molecule has 24 nitrogen and oxygen atoms in total. The number of hydrogen-bond acceptors (Lipinski definition) is 23. The lowest BCUT2D eigenvalue weighted by Gasteiger charge is -2.25. The maximum atomic E-state index is 11.6. The molecule has 10 aromatic rings. The lowest BCUT2D eigenvalue weighted by Crippen LogP contribution is -2.18. The van der Waals surface area contributed by atoms with E-state index in [0.29, 0.717) is 113 Å². The molecule has 0 fully saturated rings. The molecule has 0 radical (unpaired) electrons. The summed E-state index contributed by atoms with van der Waals surface area (Å²) in [5.74, 6) is 8.83. The first kappa shape index (κ1) is 109. The first-order valence-corrected chi connectivity index (χ1v) is 45.5. The van der Waals surface area contributed by atoms with Gasteiger partial charge in [0, 0.05) is 85.5 Å². The third kappa shape index (κ3) is 35.8. The maximum Gasteiger partial charge on any atom is 0.339 e. The summed E-state index contributed by atoms with van der Waals surface area (Å²) < 4.78 is 48.3. The highest BCUT2D eigenvalue weighted by Gasteiger charge is 2.22. The van der Waals surface area contributed by atoms with Gasteiger partial charge in [-0.25, -0.2) is 43.9 Å². The topological polar surface area (TPSA) is 289 Å². The quantitative estimate of drug-likeness (QED) is 0.0160. The molecule has 0 aliphatic carbocycles. The molecule has 0 bridgehead atoms. The van der Waals surface area contributed by atoms with E-state index >= 15 is 0 Å². The van der Waals surface area contributed by atoms with Crippen LogP contribution in [0.25, 0.3) is 0 Å². The highest BCUT2D eigenvalue weighted by atomic mass is 35.5. The number of anilines is 7. The number of pyridine rings is 5. The smallest absolute Gasteiger partial charge is 0.339 e. The Kier molecular flexibility index (Phi) is 46.4. The van der Waals surface area contributed by atoms with Crippen LogP contribution in [0.5, 0.6) is 28.7 Å². The van der Waals surface area contributed by atoms with Crippen molar-refractivity contribution in [3.63, 3.8) is 0 Å². The van der Waals surface area contributed by atoms with Gasteiger partial charge in [0.25, 0.3) is 0 Å². The molecule has 0 unspecified atom stereocenters. The number of nitrogens with zero attached hydrogens (tertiary/aromatic N) is 8. The fourth-order valence-corrected chi connectivity index (χ4v) is 13.0. The van der Waals surface area contributed by atoms with Crippen LogP contribution in [0, 0.1) is 29.6 Å². The fourth-order valence-electron chi connectivity index (χ4n) is 12.8. The SMILES string of the molecule is CC(C)COc1ccc(N)cc1C(C)C.CCN(c1ccc(OCC(C)C)c(C(C)C)c1)c1ccc(C(=O)O)cn1.CCN(c1ccc(OCC(C)C)c(C(C)C)c1)c1ccc(C(=O)OC)cn1.CCN(c1ccc(OCC(C)C)c(C(C)C)c1)c1ccc(C(=O)OC)cn1.COC(=O)c1ccc(Cc2ccc(OCC(C)C)c(C(C)C)c2)nc1.COC(=O)c1ccc(Cl)nc1. The van der Waals surface area contributed by atoms with Gasteiger partial charge in [0.15, 0.2) is 0 Å². The van der Waals surface area contributed by atoms with E-state index < -0.39 is 11.9 Å². The summed E-state index contributed by atoms with van der Waals surface area (Å²) in [6.45, 7) is 55.0. The predicted molar refractivity (Wildman–Crippen MR) is 528 cm³/mol. The summed E-state index contributed by atoms with van der Waals surface area (Å²) in [6.07, 6.45) is 8.13. The summed E-state index contributed by atoms with van der Waals surface area (Å²) in [7, 11) is 5.42. The lowest BCUT2D eigenvalue weighted by molar-refractivity contribution is 0.0591. The number of nitrogens with two attached hydrogens (primary N) is 1. The number of aromatic nitrogens is 5. The molecule has 10 rings (SSSR count). The van der Waals surface area contributed by atoms with Crippen LogP contribution in [0.2, 0.25) is 5.15 Å². The number of carbonyl (C=O) groups excluding carboxylic acids is 4. The number of esters is 4. The minimum atomic E-state index is -0.971. The molecule has 3 N–H and O–H groups in total. The molecular formula is C106H142ClN9O15. The van der Waals surface area contributed by atoms with Gasteiger partial charge in [-0.05, 0) is 253 Å². The number of ether oxygens (including phenoxy) is 9. The number of aromatic carboxylic acids is 1. The number of rotatable bonds is 36. The average molecular weight is 1820 g/mol. The zero-order valence-electron chi connectivity index (χ0n) is 82.2. The highest BCUT2D eigenvalue weighted by molar-refractivity contribution is 6.29. The molecular weight excluding hydrogens is 1670 g/mol. The number of carboxylic acids is 1. The van der Waals surface area contributed by atoms with E-state index in [-0.39, 0.29) is 23.5 Å². The summed E-state index contributed by atoms with van der Waals surface area (Å²) >= 11 is 5.50. The van der Waals surface area contributed by atoms with Gasteiger partial charge in [0.05, 0.1) is 89.3 Å². The normalized spacial score (nSPS) is 10.9. The van der Waals surface area contributed by atoms with Crippen molar-refractivity contribution in [1.82, 2.24) is 24.9 Å². The number of hydrogen-bond donors (Lipinski definition) is 2. The molecule has 0 aliphatic heterocycles. The predicted octanol–water partition coefficient (Wildman–Crippen LogP) is 25.0. The number of carbonyl (C=O) groups is 5. The van der Waals surface area contributed by atoms with E-state index in [1.807, 2.05) is 67.6 Å². The van der Waals surface area contributed by atoms with E-state index in [1.165, 1.54) is 74.7 Å². The van der Waals surface area contributed by atoms with Crippen molar-refractivity contribution in [2.45, 2.75) is 195 Å². The minimum Gasteiger partial charge on any atom is -0.493 e. The maximum absolute atomic E-state index is 11.6. The first-order valence-electron chi connectivity index (χ1n) is 45.1. The summed E-state index contributed by atoms with van der Waals surface area (Å²) in [4.78, 5) is 84.1. The van der Waals surface area contributed by atoms with Gasteiger partial charge < -0.3 is 68.2 Å². The second kappa shape index (κ2) is 55.7. The van der Waals surface area contributed by atoms with E-state index in [9.17, 15) is 24.0 Å². The summed E-state index contributed by atoms with van der Waals surface area (Å²) in [6, 6.07) is 48.1. The number of carboxylic acid groups (broad SMARTS) is 1. The molecule has 0 amide bonds. The second-order valence-corrected chi connectivity index (χ2v) is 35.3. The zero-order chi connectivity index (χ0) is 97.3. The average Bonchev–Trinajstić information content (AvgIpc) is 0.815. The Balaban J connectivity index is 0.000000284. The van der Waals surface area contributed by atoms with Gasteiger partial charge in [-0.3, -0.25) is 4.98 Å². The van der Waals surface area contributed by atoms with E-state index in [2.05, 4.69) is 245 Å². The first-order chi connectivity index (χ1) is 62.2. The third-order valence-electron chi connectivity index (χ3n) is 19.9. The Bertz CT molecular complexity index is 5010. The summed E-state index contributed by atoms with van der Waals surface area (Å²) in [5, 5.41) is 9.40. The standard InChI is InChI=1S/2C22H30N2O3.C21H28N2O3.C21H27NO3.C13H21NO.C7H6ClNO2/c2*1-7-24(21-11-8-17(13-23-21)22(25)26-6)18-9-10-20(27-14-15(2)3)19(12-18)16(4)5;1-6-23(20-10-7-16(12-22-20)21(24)25)17-8-9-19(26-13-14(2)3)18(11-17)15(4)5;1-14(2)13-25-20-9-6-16(11-19(20)15(3)4)10-18-8-7-17(12-22-18)21(23)24-5;1-9(2)8-15-13-6-5-11(14)7-12(13)10(3)4;1-11-7(10)5-2-3-6(8)9-4-5/h2*8-13,15-16H,7,14H2,1-6H3;7-12,14-15H,6,13H2,1-5H3,(H,24,25);6-9,11-12,14-15H,10,13H2,1-5H3;5-7,9-10H,8,14H2,1-4H3;2-4H,1H3. The largest absolute Gasteiger partial charge is 0.493 e. The lowest BCUT2D eigenvalue weighted by atomic mass is 9.97. The molecule has 131 heavy (non-hydrogen) atoms. The highest BCUT2D eigenvalue weighted by Crippen LogP contribution is 2.39. The summed E-state index contributed by atoms with van der Waals surface area (Å²) in [5.41, 5.74) is 19.6. The van der Waals surface area contributed by atoms with Gasteiger partial charge in [0.2, 0.25) is 0 Å². The van der Waals surface area contributed by atoms with Crippen LogP contribution in [0.15, 0.2) is 183 Å². The van der Waals surface area contributed by atoms with Crippen molar-refractivity contribution in [2.75, 3.05) is 102 Å². The minimum absolute atomic E-state index is 0.185. The van der Waals surface area contributed by atoms with Gasteiger partial charge in [-0.1, -0.05) is 162 Å². The number of benzene rings is 5. The van der Waals surface area contributed by atoms with Gasteiger partial charge in [-0.15, -0.1) is 0 Å². The van der Waals surface area contributed by atoms with E-state index in [4.69, 9.17) is 60.3 Å². The van der Waals surface area contributed by atoms with Crippen LogP contribution in [0.1, 0.15) is 280 Å². The van der Waals surface area contributed by atoms with Crippen molar-refractivity contribution in [3.8, 4) is 28.7 Å². The Morgan fingerprint density at radius 1 is 0.328 bits per heavy atom. The Morgan fingerprint density at radius 3 is 0.847 bits per heavy atom. The molecule has 5 heterocycles. The van der Waals surface area contributed by atoms with Crippen LogP contribution in [0.3, 0.4) is 0 Å². The molecule has 25 heteroatoms. The van der Waals surface area contributed by atoms with Crippen LogP contribution in [-0.4, -0.2) is 141 Å². The van der Waals surface area contributed by atoms with Crippen LogP contribution < -0.4 is 44.1 Å². The third-order valence-corrected chi connectivity index (χ3v) is 20.1. The second-order valence-electron chi connectivity index (χ2n) is 34.9. The Morgan fingerprint density at radius 2 is 0.595 bits per heavy atom. The molecule has 708 valence electrons. The van der Waals surface area contributed by atoms with Gasteiger partial charge in [0.1, 0.15) is 51.4 Å². The molecule has 5 aromatic heterocycles. The zero-order valence-corrected chi connectivity index (χ0v) is 82.9. The van der Waals surface area contributed by atoms with Crippen molar-refractivity contribution in [1.29, 1.82) is 0 Å². The molecule has 0 saturated heterocycles. The number of methoxy groups -OCH3 is 4. The van der Waals surface area contributed by atoms with Crippen molar-refractivity contribution in [2.24, 2.45) is 29.6 Å². The van der Waals surface area contributed by atoms with Crippen LogP contribution in [0.4, 0.5) is 40.2 Å². The van der Waals surface area contributed by atoms with Crippen molar-refractivity contribution < 1.29 is 71.7 Å². The molecule has 0 aliphatic rings. The van der Waals surface area contributed by atoms with Crippen LogP contribution >= 0.6 is 11.6 Å². The Hall–Kier alpha value is -12.3. The fraction of sp³-hybridized carbons (Fsp3) is 0.434.